The number of nitrogens with two attached hydrogens (primary N) is 1. The number of alkyl carbamates (subject to hydrolysis) is 1. The number of hydrogen-bond acceptors (Lipinski definition) is 5. The second-order valence-corrected chi connectivity index (χ2v) is 4.01. The van der Waals surface area contributed by atoms with Crippen LogP contribution in [0.3, 0.4) is 0 Å². The lowest BCUT2D eigenvalue weighted by Gasteiger charge is -2.15. The number of rotatable bonds is 7. The summed E-state index contributed by atoms with van der Waals surface area (Å²) in [7, 11) is 0. The Balaban J connectivity index is 2.44. The smallest absolute Gasteiger partial charge is 0.408 e. The molecule has 0 bridgehead atoms. The molecule has 4 N–H and O–H groups in total. The van der Waals surface area contributed by atoms with Gasteiger partial charge in [-0.3, -0.25) is 10.2 Å². The fraction of sp³-hybridized carbons (Fsp3) is 0.308. The highest BCUT2D eigenvalue weighted by molar-refractivity contribution is 5.85. The zero-order valence-corrected chi connectivity index (χ0v) is 10.9. The summed E-state index contributed by atoms with van der Waals surface area (Å²) < 4.78 is 4.97. The van der Waals surface area contributed by atoms with Gasteiger partial charge >= 0.3 is 6.09 Å². The monoisotopic (exact) mass is 279 g/mol. The van der Waals surface area contributed by atoms with Gasteiger partial charge in [-0.2, -0.15) is 0 Å². The predicted octanol–water partition coefficient (Wildman–Crippen LogP) is 0.250. The number of nitrogens with one attached hydrogen (secondary N) is 2. The molecule has 20 heavy (non-hydrogen) atoms. The lowest BCUT2D eigenvalue weighted by atomic mass is 10.1. The zero-order valence-electron chi connectivity index (χ0n) is 10.9. The topological polar surface area (TPSA) is 111 Å². The van der Waals surface area contributed by atoms with E-state index in [4.69, 9.17) is 10.6 Å². The van der Waals surface area contributed by atoms with Crippen LogP contribution in [0, 0.1) is 0 Å². The Hall–Kier alpha value is -2.41. The van der Waals surface area contributed by atoms with Crippen molar-refractivity contribution in [2.75, 3.05) is 0 Å². The summed E-state index contributed by atoms with van der Waals surface area (Å²) in [6.07, 6.45) is 0.214. The van der Waals surface area contributed by atoms with Crippen LogP contribution in [-0.2, 0) is 20.9 Å². The quantitative estimate of drug-likeness (QED) is 0.287. The van der Waals surface area contributed by atoms with Gasteiger partial charge in [0.2, 0.25) is 0 Å². The Labute approximate surface area is 116 Å². The van der Waals surface area contributed by atoms with Crippen molar-refractivity contribution < 1.29 is 19.1 Å². The Morgan fingerprint density at radius 3 is 2.60 bits per heavy atom. The van der Waals surface area contributed by atoms with Crippen LogP contribution in [0.1, 0.15) is 18.4 Å². The highest BCUT2D eigenvalue weighted by Gasteiger charge is 2.20. The molecule has 0 aromatic heterocycles. The summed E-state index contributed by atoms with van der Waals surface area (Å²) >= 11 is 0. The molecule has 0 spiro atoms. The molecule has 1 aromatic rings. The van der Waals surface area contributed by atoms with Crippen molar-refractivity contribution in [2.45, 2.75) is 25.5 Å². The minimum absolute atomic E-state index is 0.0946. The van der Waals surface area contributed by atoms with Gasteiger partial charge in [0.25, 0.3) is 5.91 Å². The summed E-state index contributed by atoms with van der Waals surface area (Å²) in [4.78, 5) is 33.3. The molecule has 2 amide bonds. The summed E-state index contributed by atoms with van der Waals surface area (Å²) in [5.74, 6) is 4.43. The van der Waals surface area contributed by atoms with E-state index < -0.39 is 18.0 Å². The molecule has 1 atom stereocenters. The Kier molecular flexibility index (Phi) is 6.77. The van der Waals surface area contributed by atoms with E-state index >= 15 is 0 Å². The van der Waals surface area contributed by atoms with Gasteiger partial charge in [0.15, 0.2) is 0 Å². The first-order valence-electron chi connectivity index (χ1n) is 6.08. The molecule has 0 aliphatic rings. The van der Waals surface area contributed by atoms with Crippen molar-refractivity contribution in [3.05, 3.63) is 35.9 Å². The van der Waals surface area contributed by atoms with E-state index in [1.807, 2.05) is 35.8 Å². The van der Waals surface area contributed by atoms with Crippen LogP contribution in [0.2, 0.25) is 0 Å². The maximum Gasteiger partial charge on any atom is 0.408 e. The highest BCUT2D eigenvalue weighted by atomic mass is 16.5. The molecule has 0 fully saturated rings. The van der Waals surface area contributed by atoms with E-state index in [1.165, 1.54) is 0 Å². The molecule has 0 radical (unpaired) electrons. The van der Waals surface area contributed by atoms with Crippen molar-refractivity contribution in [3.8, 4) is 0 Å². The molecule has 0 unspecified atom stereocenters. The molecule has 7 heteroatoms. The van der Waals surface area contributed by atoms with Crippen molar-refractivity contribution >= 4 is 18.3 Å². The Morgan fingerprint density at radius 2 is 2.00 bits per heavy atom. The zero-order chi connectivity index (χ0) is 14.8. The molecule has 0 heterocycles. The third-order valence-electron chi connectivity index (χ3n) is 2.54. The second-order valence-electron chi connectivity index (χ2n) is 4.01. The maximum absolute atomic E-state index is 11.6. The number of ether oxygens (including phenoxy) is 1. The average molecular weight is 279 g/mol. The predicted molar refractivity (Wildman–Crippen MR) is 71.2 cm³/mol. The Bertz CT molecular complexity index is 450. The number of amides is 2. The largest absolute Gasteiger partial charge is 0.445 e. The normalized spacial score (nSPS) is 11.2. The van der Waals surface area contributed by atoms with Gasteiger partial charge < -0.3 is 14.8 Å². The molecule has 0 saturated heterocycles. The number of hydrazine groups is 1. The third kappa shape index (κ3) is 5.49. The molecule has 0 saturated carbocycles. The number of carbonyl (C=O) groups excluding carboxylic acids is 3. The van der Waals surface area contributed by atoms with Gasteiger partial charge in [0.1, 0.15) is 18.9 Å². The molecule has 1 rings (SSSR count). The highest BCUT2D eigenvalue weighted by Crippen LogP contribution is 2.02. The van der Waals surface area contributed by atoms with E-state index in [9.17, 15) is 14.4 Å². The Morgan fingerprint density at radius 1 is 1.30 bits per heavy atom. The number of hydrogen-bond donors (Lipinski definition) is 3. The van der Waals surface area contributed by atoms with Crippen molar-refractivity contribution in [1.82, 2.24) is 10.7 Å². The summed E-state index contributed by atoms with van der Waals surface area (Å²) in [6.45, 7) is 0.0946. The van der Waals surface area contributed by atoms with E-state index in [0.717, 1.165) is 5.56 Å². The first kappa shape index (κ1) is 15.6. The van der Waals surface area contributed by atoms with E-state index in [1.54, 1.807) is 0 Å². The third-order valence-corrected chi connectivity index (χ3v) is 2.54. The fourth-order valence-electron chi connectivity index (χ4n) is 1.51. The number of benzene rings is 1. The second kappa shape index (κ2) is 8.65. The van der Waals surface area contributed by atoms with E-state index in [2.05, 4.69) is 5.32 Å². The van der Waals surface area contributed by atoms with Crippen molar-refractivity contribution in [1.29, 1.82) is 0 Å². The lowest BCUT2D eigenvalue weighted by Crippen LogP contribution is -2.49. The molecular weight excluding hydrogens is 262 g/mol. The summed E-state index contributed by atoms with van der Waals surface area (Å²) in [5.41, 5.74) is 2.76. The van der Waals surface area contributed by atoms with Gasteiger partial charge in [-0.25, -0.2) is 10.6 Å². The minimum atomic E-state index is -0.895. The standard InChI is InChI=1S/C13H17N3O4/c14-16-12(18)11(7-4-8-17)15-13(19)20-9-10-5-2-1-3-6-10/h1-3,5-6,8,11H,4,7,9,14H2,(H,15,19)(H,16,18)/t11-/m0/s1. The molecular formula is C13H17N3O4. The average Bonchev–Trinajstić information content (AvgIpc) is 2.49. The molecule has 0 aliphatic carbocycles. The fourth-order valence-corrected chi connectivity index (χ4v) is 1.51. The number of aldehydes is 1. The van der Waals surface area contributed by atoms with Crippen molar-refractivity contribution in [2.24, 2.45) is 5.84 Å². The van der Waals surface area contributed by atoms with Crippen LogP contribution >= 0.6 is 0 Å². The lowest BCUT2D eigenvalue weighted by molar-refractivity contribution is -0.123. The van der Waals surface area contributed by atoms with Gasteiger partial charge in [-0.1, -0.05) is 30.3 Å². The van der Waals surface area contributed by atoms with Gasteiger partial charge in [-0.15, -0.1) is 0 Å². The first-order chi connectivity index (χ1) is 9.67. The first-order valence-corrected chi connectivity index (χ1v) is 6.08. The number of carbonyl (C=O) groups is 3. The van der Waals surface area contributed by atoms with E-state index in [0.29, 0.717) is 6.29 Å². The molecule has 1 aromatic carbocycles. The van der Waals surface area contributed by atoms with Crippen LogP contribution in [-0.4, -0.2) is 24.3 Å². The van der Waals surface area contributed by atoms with Crippen LogP contribution < -0.4 is 16.6 Å². The summed E-state index contributed by atoms with van der Waals surface area (Å²) in [5, 5.41) is 2.36. The van der Waals surface area contributed by atoms with E-state index in [-0.39, 0.29) is 19.4 Å². The van der Waals surface area contributed by atoms with Crippen molar-refractivity contribution in [3.63, 3.8) is 0 Å². The molecule has 7 nitrogen and oxygen atoms in total. The van der Waals surface area contributed by atoms with Crippen LogP contribution in [0.4, 0.5) is 4.79 Å². The summed E-state index contributed by atoms with van der Waals surface area (Å²) in [6, 6.07) is 8.22. The van der Waals surface area contributed by atoms with Gasteiger partial charge in [-0.05, 0) is 12.0 Å². The minimum Gasteiger partial charge on any atom is -0.445 e. The van der Waals surface area contributed by atoms with Crippen LogP contribution in [0.5, 0.6) is 0 Å². The SMILES string of the molecule is NNC(=O)[C@H](CCC=O)NC(=O)OCc1ccccc1. The van der Waals surface area contributed by atoms with Crippen LogP contribution in [0.25, 0.3) is 0 Å². The molecule has 0 aliphatic heterocycles. The van der Waals surface area contributed by atoms with Gasteiger partial charge in [0.05, 0.1) is 0 Å². The van der Waals surface area contributed by atoms with Crippen LogP contribution in [0.15, 0.2) is 30.3 Å². The van der Waals surface area contributed by atoms with Gasteiger partial charge in [0, 0.05) is 6.42 Å². The maximum atomic E-state index is 11.6. The molecule has 108 valence electrons.